The van der Waals surface area contributed by atoms with E-state index in [1.807, 2.05) is 0 Å². The first-order valence-corrected chi connectivity index (χ1v) is 3.24. The van der Waals surface area contributed by atoms with Crippen LogP contribution in [0.25, 0.3) is 0 Å². The first-order valence-electron chi connectivity index (χ1n) is 3.24. The van der Waals surface area contributed by atoms with E-state index in [2.05, 4.69) is 5.32 Å². The van der Waals surface area contributed by atoms with Gasteiger partial charge in [0.2, 0.25) is 0 Å². The quantitative estimate of drug-likeness (QED) is 0.501. The van der Waals surface area contributed by atoms with Crippen molar-refractivity contribution < 1.29 is 4.39 Å². The Hall–Kier alpha value is -0.110. The fraction of sp³-hybridized carbons (Fsp3) is 1.00. The van der Waals surface area contributed by atoms with Crippen molar-refractivity contribution in [1.82, 2.24) is 5.32 Å². The summed E-state index contributed by atoms with van der Waals surface area (Å²) in [6.45, 7) is 1.86. The van der Waals surface area contributed by atoms with Gasteiger partial charge in [-0.05, 0) is 32.4 Å². The molecule has 1 atom stereocenters. The molecule has 1 N–H and O–H groups in total. The van der Waals surface area contributed by atoms with Gasteiger partial charge < -0.3 is 5.32 Å². The van der Waals surface area contributed by atoms with Crippen LogP contribution in [0.4, 0.5) is 4.39 Å². The molecule has 8 heavy (non-hydrogen) atoms. The number of hydrogen-bond donors (Lipinski definition) is 1. The number of alkyl halides is 1. The molecule has 1 aliphatic heterocycles. The first kappa shape index (κ1) is 6.02. The van der Waals surface area contributed by atoms with Crippen LogP contribution in [-0.2, 0) is 0 Å². The molecule has 1 nitrogen and oxygen atoms in total. The van der Waals surface area contributed by atoms with Crippen molar-refractivity contribution in [2.75, 3.05) is 13.1 Å². The molecule has 0 spiro atoms. The minimum atomic E-state index is -0.537. The second-order valence-corrected chi connectivity index (χ2v) is 2.28. The maximum Gasteiger partial charge on any atom is 0.101 e. The Bertz CT molecular complexity index is 57.5. The summed E-state index contributed by atoms with van der Waals surface area (Å²) in [6.07, 6.45) is 1.93. The highest BCUT2D eigenvalue weighted by molar-refractivity contribution is 4.63. The third-order valence-electron chi connectivity index (χ3n) is 1.51. The first-order chi connectivity index (χ1) is 3.89. The number of nitrogens with one attached hydrogen (secondary N) is 1. The maximum absolute atomic E-state index is 12.4. The summed E-state index contributed by atoms with van der Waals surface area (Å²) in [7, 11) is 0. The van der Waals surface area contributed by atoms with Crippen LogP contribution in [-0.4, -0.2) is 19.3 Å². The third-order valence-corrected chi connectivity index (χ3v) is 1.51. The Labute approximate surface area is 49.3 Å². The highest BCUT2D eigenvalue weighted by Gasteiger charge is 2.08. The van der Waals surface area contributed by atoms with E-state index < -0.39 is 6.17 Å². The molecule has 1 heterocycles. The predicted octanol–water partition coefficient (Wildman–Crippen LogP) is 1.10. The molecule has 0 radical (unpaired) electrons. The lowest BCUT2D eigenvalue weighted by molar-refractivity contribution is 0.307. The van der Waals surface area contributed by atoms with Gasteiger partial charge in [0.25, 0.3) is 0 Å². The Morgan fingerprint density at radius 2 is 2.12 bits per heavy atom. The van der Waals surface area contributed by atoms with Gasteiger partial charge in [-0.2, -0.15) is 0 Å². The summed E-state index contributed by atoms with van der Waals surface area (Å²) >= 11 is 0. The van der Waals surface area contributed by atoms with Crippen LogP contribution in [0.5, 0.6) is 0 Å². The van der Waals surface area contributed by atoms with Crippen molar-refractivity contribution in [2.24, 2.45) is 0 Å². The zero-order chi connectivity index (χ0) is 5.82. The number of hydrogen-bond acceptors (Lipinski definition) is 1. The van der Waals surface area contributed by atoms with E-state index >= 15 is 0 Å². The van der Waals surface area contributed by atoms with Crippen LogP contribution in [0.2, 0.25) is 0 Å². The monoisotopic (exact) mass is 117 g/mol. The SMILES string of the molecule is F[C@@H]1CCCNCC1. The van der Waals surface area contributed by atoms with Crippen molar-refractivity contribution in [3.05, 3.63) is 0 Å². The van der Waals surface area contributed by atoms with Crippen molar-refractivity contribution in [2.45, 2.75) is 25.4 Å². The topological polar surface area (TPSA) is 12.0 Å². The minimum absolute atomic E-state index is 0.537. The molecule has 0 aromatic heterocycles. The fourth-order valence-corrected chi connectivity index (χ4v) is 0.977. The molecule has 1 saturated heterocycles. The summed E-state index contributed by atoms with van der Waals surface area (Å²) in [4.78, 5) is 0. The van der Waals surface area contributed by atoms with E-state index in [1.165, 1.54) is 0 Å². The lowest BCUT2D eigenvalue weighted by Gasteiger charge is -1.98. The molecule has 1 aliphatic rings. The van der Waals surface area contributed by atoms with Crippen LogP contribution in [0.1, 0.15) is 19.3 Å². The molecular weight excluding hydrogens is 105 g/mol. The van der Waals surface area contributed by atoms with E-state index in [0.29, 0.717) is 6.42 Å². The molecule has 0 aromatic carbocycles. The highest BCUT2D eigenvalue weighted by Crippen LogP contribution is 2.07. The maximum atomic E-state index is 12.4. The van der Waals surface area contributed by atoms with Gasteiger partial charge in [-0.25, -0.2) is 4.39 Å². The summed E-state index contributed by atoms with van der Waals surface area (Å²) in [5.41, 5.74) is 0. The van der Waals surface area contributed by atoms with Crippen LogP contribution < -0.4 is 5.32 Å². The van der Waals surface area contributed by atoms with Crippen LogP contribution >= 0.6 is 0 Å². The molecule has 0 aliphatic carbocycles. The lowest BCUT2D eigenvalue weighted by Crippen LogP contribution is -2.14. The zero-order valence-electron chi connectivity index (χ0n) is 4.99. The number of rotatable bonds is 0. The van der Waals surface area contributed by atoms with Crippen LogP contribution in [0.3, 0.4) is 0 Å². The molecule has 0 amide bonds. The molecule has 48 valence electrons. The normalized spacial score (nSPS) is 31.9. The highest BCUT2D eigenvalue weighted by atomic mass is 19.1. The summed E-state index contributed by atoms with van der Waals surface area (Å²) in [5, 5.41) is 3.14. The summed E-state index contributed by atoms with van der Waals surface area (Å²) in [5.74, 6) is 0. The van der Waals surface area contributed by atoms with E-state index in [1.54, 1.807) is 0 Å². The van der Waals surface area contributed by atoms with E-state index in [4.69, 9.17) is 0 Å². The molecule has 0 saturated carbocycles. The van der Waals surface area contributed by atoms with Crippen LogP contribution in [0, 0.1) is 0 Å². The summed E-state index contributed by atoms with van der Waals surface area (Å²) in [6, 6.07) is 0. The van der Waals surface area contributed by atoms with Gasteiger partial charge >= 0.3 is 0 Å². The second kappa shape index (κ2) is 3.02. The van der Waals surface area contributed by atoms with Gasteiger partial charge in [0, 0.05) is 0 Å². The van der Waals surface area contributed by atoms with Crippen molar-refractivity contribution in [3.8, 4) is 0 Å². The average molecular weight is 117 g/mol. The molecule has 1 fully saturated rings. The van der Waals surface area contributed by atoms with Gasteiger partial charge in [0.05, 0.1) is 0 Å². The van der Waals surface area contributed by atoms with Gasteiger partial charge in [0.1, 0.15) is 6.17 Å². The van der Waals surface area contributed by atoms with E-state index in [9.17, 15) is 4.39 Å². The van der Waals surface area contributed by atoms with Crippen LogP contribution in [0.15, 0.2) is 0 Å². The standard InChI is InChI=1S/C6H12FN/c7-6-2-1-4-8-5-3-6/h6,8H,1-5H2/t6-/m1/s1. The zero-order valence-corrected chi connectivity index (χ0v) is 4.99. The summed E-state index contributed by atoms with van der Waals surface area (Å²) < 4.78 is 12.4. The largest absolute Gasteiger partial charge is 0.317 e. The Morgan fingerprint density at radius 3 is 3.00 bits per heavy atom. The lowest BCUT2D eigenvalue weighted by atomic mass is 10.2. The molecule has 0 bridgehead atoms. The van der Waals surface area contributed by atoms with Gasteiger partial charge in [0.15, 0.2) is 0 Å². The van der Waals surface area contributed by atoms with Crippen molar-refractivity contribution in [1.29, 1.82) is 0 Å². The minimum Gasteiger partial charge on any atom is -0.317 e. The Balaban J connectivity index is 2.17. The van der Waals surface area contributed by atoms with Gasteiger partial charge in [-0.1, -0.05) is 0 Å². The van der Waals surface area contributed by atoms with E-state index in [0.717, 1.165) is 25.9 Å². The van der Waals surface area contributed by atoms with E-state index in [-0.39, 0.29) is 0 Å². The second-order valence-electron chi connectivity index (χ2n) is 2.28. The molecule has 0 unspecified atom stereocenters. The molecule has 1 rings (SSSR count). The van der Waals surface area contributed by atoms with Gasteiger partial charge in [-0.15, -0.1) is 0 Å². The molecule has 2 heteroatoms. The van der Waals surface area contributed by atoms with Crippen molar-refractivity contribution in [3.63, 3.8) is 0 Å². The van der Waals surface area contributed by atoms with Gasteiger partial charge in [-0.3, -0.25) is 0 Å². The molecule has 0 aromatic rings. The predicted molar refractivity (Wildman–Crippen MR) is 31.6 cm³/mol. The smallest absolute Gasteiger partial charge is 0.101 e. The fourth-order valence-electron chi connectivity index (χ4n) is 0.977. The number of halogens is 1. The Morgan fingerprint density at radius 1 is 1.25 bits per heavy atom. The molecular formula is C6H12FN. The third kappa shape index (κ3) is 1.78. The average Bonchev–Trinajstić information content (AvgIpc) is 1.94. The Kier molecular flexibility index (Phi) is 2.27. The van der Waals surface area contributed by atoms with Crippen molar-refractivity contribution >= 4 is 0 Å².